The van der Waals surface area contributed by atoms with Gasteiger partial charge in [0.1, 0.15) is 11.6 Å². The summed E-state index contributed by atoms with van der Waals surface area (Å²) >= 11 is 9.72. The summed E-state index contributed by atoms with van der Waals surface area (Å²) in [4.78, 5) is 0. The third kappa shape index (κ3) is 2.82. The number of alkyl halides is 1. The highest BCUT2D eigenvalue weighted by atomic mass is 79.9. The minimum atomic E-state index is -0.715. The van der Waals surface area contributed by atoms with E-state index in [1.54, 1.807) is 0 Å². The Morgan fingerprint density at radius 2 is 1.74 bits per heavy atom. The van der Waals surface area contributed by atoms with Crippen molar-refractivity contribution in [3.63, 3.8) is 0 Å². The Morgan fingerprint density at radius 1 is 1.05 bits per heavy atom. The lowest BCUT2D eigenvalue weighted by atomic mass is 9.98. The summed E-state index contributed by atoms with van der Waals surface area (Å²) in [7, 11) is 0. The number of hydrogen-bond acceptors (Lipinski definition) is 0. The van der Waals surface area contributed by atoms with Gasteiger partial charge in [-0.3, -0.25) is 0 Å². The van der Waals surface area contributed by atoms with Crippen LogP contribution >= 0.6 is 27.5 Å². The van der Waals surface area contributed by atoms with E-state index in [-0.39, 0.29) is 11.1 Å². The molecule has 0 radical (unpaired) electrons. The van der Waals surface area contributed by atoms with Crippen LogP contribution in [0.5, 0.6) is 0 Å². The fraction of sp³-hybridized carbons (Fsp3) is 0.200. The molecule has 19 heavy (non-hydrogen) atoms. The Balaban J connectivity index is 2.53. The molecule has 4 heteroatoms. The average molecular weight is 346 g/mol. The van der Waals surface area contributed by atoms with Crippen LogP contribution in [0.2, 0.25) is 0 Å². The van der Waals surface area contributed by atoms with E-state index in [1.807, 2.05) is 25.1 Å². The zero-order valence-corrected chi connectivity index (χ0v) is 12.8. The Hall–Kier alpha value is -0.930. The van der Waals surface area contributed by atoms with Gasteiger partial charge in [0.25, 0.3) is 0 Å². The maximum absolute atomic E-state index is 13.9. The van der Waals surface area contributed by atoms with Crippen LogP contribution in [-0.4, -0.2) is 0 Å². The van der Waals surface area contributed by atoms with Gasteiger partial charge in [0, 0.05) is 10.0 Å². The number of aryl methyl sites for hydroxylation is 1. The topological polar surface area (TPSA) is 0 Å². The molecule has 2 aromatic rings. The van der Waals surface area contributed by atoms with Crippen LogP contribution in [0.4, 0.5) is 8.78 Å². The summed E-state index contributed by atoms with van der Waals surface area (Å²) in [6.07, 6.45) is 0. The predicted octanol–water partition coefficient (Wildman–Crippen LogP) is 5.67. The lowest BCUT2D eigenvalue weighted by Crippen LogP contribution is -2.02. The molecule has 0 N–H and O–H groups in total. The largest absolute Gasteiger partial charge is 0.207 e. The predicted molar refractivity (Wildman–Crippen MR) is 77.7 cm³/mol. The second kappa shape index (κ2) is 5.59. The van der Waals surface area contributed by atoms with Crippen LogP contribution in [0.3, 0.4) is 0 Å². The van der Waals surface area contributed by atoms with Gasteiger partial charge in [0.15, 0.2) is 0 Å². The molecule has 1 atom stereocenters. The van der Waals surface area contributed by atoms with Gasteiger partial charge in [0.05, 0.1) is 5.38 Å². The van der Waals surface area contributed by atoms with Crippen LogP contribution in [0.15, 0.2) is 34.8 Å². The van der Waals surface area contributed by atoms with E-state index in [1.165, 1.54) is 19.1 Å². The molecule has 0 saturated carbocycles. The van der Waals surface area contributed by atoms with Crippen LogP contribution in [0, 0.1) is 25.5 Å². The molecule has 1 unspecified atom stereocenters. The first kappa shape index (κ1) is 14.5. The van der Waals surface area contributed by atoms with E-state index in [0.717, 1.165) is 15.6 Å². The quantitative estimate of drug-likeness (QED) is 0.615. The summed E-state index contributed by atoms with van der Waals surface area (Å²) < 4.78 is 28.4. The van der Waals surface area contributed by atoms with Gasteiger partial charge < -0.3 is 0 Å². The molecule has 0 aliphatic heterocycles. The highest BCUT2D eigenvalue weighted by Gasteiger charge is 2.19. The van der Waals surface area contributed by atoms with E-state index in [4.69, 9.17) is 11.6 Å². The summed E-state index contributed by atoms with van der Waals surface area (Å²) in [5, 5.41) is -0.715. The molecule has 100 valence electrons. The highest BCUT2D eigenvalue weighted by Crippen LogP contribution is 2.35. The van der Waals surface area contributed by atoms with Crippen molar-refractivity contribution in [1.82, 2.24) is 0 Å². The molecule has 0 nitrogen and oxygen atoms in total. The molecule has 0 amide bonds. The third-order valence-electron chi connectivity index (χ3n) is 3.13. The van der Waals surface area contributed by atoms with E-state index in [2.05, 4.69) is 15.9 Å². The Labute approximate surface area is 124 Å². The Kier molecular flexibility index (Phi) is 4.26. The first-order chi connectivity index (χ1) is 8.91. The summed E-state index contributed by atoms with van der Waals surface area (Å²) in [5.41, 5.74) is 2.11. The number of hydrogen-bond donors (Lipinski definition) is 0. The van der Waals surface area contributed by atoms with Crippen molar-refractivity contribution in [2.75, 3.05) is 0 Å². The second-order valence-electron chi connectivity index (χ2n) is 4.44. The van der Waals surface area contributed by atoms with Crippen molar-refractivity contribution >= 4 is 27.5 Å². The SMILES string of the molecule is Cc1cc(F)c(C(Cl)c2cccc(Br)c2C)cc1F. The number of halogens is 4. The van der Waals surface area contributed by atoms with Crippen molar-refractivity contribution in [2.45, 2.75) is 19.2 Å². The monoisotopic (exact) mass is 344 g/mol. The molecule has 0 aromatic heterocycles. The van der Waals surface area contributed by atoms with Gasteiger partial charge >= 0.3 is 0 Å². The van der Waals surface area contributed by atoms with E-state index >= 15 is 0 Å². The van der Waals surface area contributed by atoms with E-state index in [0.29, 0.717) is 0 Å². The third-order valence-corrected chi connectivity index (χ3v) is 4.46. The average Bonchev–Trinajstić information content (AvgIpc) is 2.36. The number of benzene rings is 2. The highest BCUT2D eigenvalue weighted by molar-refractivity contribution is 9.10. The molecule has 2 rings (SSSR count). The fourth-order valence-corrected chi connectivity index (χ4v) is 2.71. The van der Waals surface area contributed by atoms with Crippen molar-refractivity contribution in [2.24, 2.45) is 0 Å². The Morgan fingerprint density at radius 3 is 2.42 bits per heavy atom. The van der Waals surface area contributed by atoms with Crippen molar-refractivity contribution in [3.05, 3.63) is 68.7 Å². The van der Waals surface area contributed by atoms with Crippen molar-refractivity contribution in [3.8, 4) is 0 Å². The molecule has 0 bridgehead atoms. The lowest BCUT2D eigenvalue weighted by Gasteiger charge is -2.15. The molecule has 0 spiro atoms. The lowest BCUT2D eigenvalue weighted by molar-refractivity contribution is 0.580. The molecule has 0 fully saturated rings. The minimum Gasteiger partial charge on any atom is -0.207 e. The van der Waals surface area contributed by atoms with Crippen molar-refractivity contribution in [1.29, 1.82) is 0 Å². The van der Waals surface area contributed by atoms with Gasteiger partial charge in [0.2, 0.25) is 0 Å². The minimum absolute atomic E-state index is 0.158. The van der Waals surface area contributed by atoms with E-state index < -0.39 is 17.0 Å². The maximum atomic E-state index is 13.9. The first-order valence-electron chi connectivity index (χ1n) is 5.76. The Bertz CT molecular complexity index is 626. The zero-order chi connectivity index (χ0) is 14.2. The summed E-state index contributed by atoms with van der Waals surface area (Å²) in [6.45, 7) is 3.41. The van der Waals surface area contributed by atoms with Gasteiger partial charge in [-0.05, 0) is 48.7 Å². The molecule has 0 aliphatic rings. The molecule has 0 saturated heterocycles. The van der Waals surface area contributed by atoms with Crippen LogP contribution in [-0.2, 0) is 0 Å². The van der Waals surface area contributed by atoms with Gasteiger partial charge in [-0.1, -0.05) is 28.1 Å². The second-order valence-corrected chi connectivity index (χ2v) is 5.73. The van der Waals surface area contributed by atoms with Gasteiger partial charge in [-0.25, -0.2) is 8.78 Å². The summed E-state index contributed by atoms with van der Waals surface area (Å²) in [5.74, 6) is -0.937. The van der Waals surface area contributed by atoms with Crippen LogP contribution < -0.4 is 0 Å². The van der Waals surface area contributed by atoms with Gasteiger partial charge in [-0.15, -0.1) is 11.6 Å². The van der Waals surface area contributed by atoms with Crippen LogP contribution in [0.1, 0.15) is 27.6 Å². The normalized spacial score (nSPS) is 12.5. The molecular formula is C15H12BrClF2. The first-order valence-corrected chi connectivity index (χ1v) is 6.99. The molecule has 2 aromatic carbocycles. The number of rotatable bonds is 2. The molecule has 0 heterocycles. The maximum Gasteiger partial charge on any atom is 0.128 e. The molecule has 0 aliphatic carbocycles. The smallest absolute Gasteiger partial charge is 0.128 e. The summed E-state index contributed by atoms with van der Waals surface area (Å²) in [6, 6.07) is 7.86. The zero-order valence-electron chi connectivity index (χ0n) is 10.5. The standard InChI is InChI=1S/C15H12BrClF2/c1-8-6-14(19)11(7-13(8)18)15(17)10-4-3-5-12(16)9(10)2/h3-7,15H,1-2H3. The van der Waals surface area contributed by atoms with Crippen LogP contribution in [0.25, 0.3) is 0 Å². The van der Waals surface area contributed by atoms with Crippen molar-refractivity contribution < 1.29 is 8.78 Å². The fourth-order valence-electron chi connectivity index (χ4n) is 1.92. The van der Waals surface area contributed by atoms with E-state index in [9.17, 15) is 8.78 Å². The molecular weight excluding hydrogens is 334 g/mol. The van der Waals surface area contributed by atoms with Gasteiger partial charge in [-0.2, -0.15) is 0 Å².